The Kier molecular flexibility index (Phi) is 11.0. The SMILES string of the molecule is COc1cccc(C(=O)Nc2nc(C(=O)NCCN(C)C)cs2)c1O.O=C(O)/C=C\C(=O)O. The van der Waals surface area contributed by atoms with Crippen LogP contribution in [0.2, 0.25) is 0 Å². The second-order valence-corrected chi connectivity index (χ2v) is 7.28. The fraction of sp³-hybridized carbons (Fsp3) is 0.250. The molecule has 0 saturated carbocycles. The summed E-state index contributed by atoms with van der Waals surface area (Å²) in [7, 11) is 5.23. The van der Waals surface area contributed by atoms with Gasteiger partial charge in [0.2, 0.25) is 0 Å². The first-order valence-electron chi connectivity index (χ1n) is 9.24. The molecule has 2 aromatic rings. The standard InChI is InChI=1S/C16H20N4O4S.C4H4O4/c1-20(2)8-7-17-15(23)11-9-25-16(18-11)19-14(22)10-5-4-6-12(24-3)13(10)21;5-3(6)1-2-4(7)8/h4-6,9,21H,7-8H2,1-3H3,(H,17,23)(H,18,19,22);1-2H,(H,5,6)(H,7,8)/b;2-1-. The average Bonchev–Trinajstić information content (AvgIpc) is 3.21. The zero-order valence-electron chi connectivity index (χ0n) is 18.1. The van der Waals surface area contributed by atoms with Gasteiger partial charge in [-0.1, -0.05) is 6.07 Å². The maximum Gasteiger partial charge on any atom is 0.328 e. The van der Waals surface area contributed by atoms with Gasteiger partial charge in [-0.2, -0.15) is 0 Å². The third kappa shape index (κ3) is 9.80. The molecule has 0 aliphatic heterocycles. The summed E-state index contributed by atoms with van der Waals surface area (Å²) in [5.41, 5.74) is 0.292. The number of ether oxygens (including phenoxy) is 1. The molecule has 0 bridgehead atoms. The van der Waals surface area contributed by atoms with Crippen molar-refractivity contribution in [2.75, 3.05) is 39.6 Å². The van der Waals surface area contributed by atoms with Crippen LogP contribution in [0.5, 0.6) is 11.5 Å². The van der Waals surface area contributed by atoms with Crippen molar-refractivity contribution in [1.29, 1.82) is 0 Å². The highest BCUT2D eigenvalue weighted by Gasteiger charge is 2.17. The van der Waals surface area contributed by atoms with Gasteiger partial charge in [0.25, 0.3) is 11.8 Å². The number of phenolic OH excluding ortho intramolecular Hbond substituents is 1. The number of nitrogens with one attached hydrogen (secondary N) is 2. The van der Waals surface area contributed by atoms with Gasteiger partial charge >= 0.3 is 11.9 Å². The second kappa shape index (κ2) is 13.4. The molecule has 2 amide bonds. The predicted molar refractivity (Wildman–Crippen MR) is 120 cm³/mol. The smallest absolute Gasteiger partial charge is 0.328 e. The summed E-state index contributed by atoms with van der Waals surface area (Å²) in [6.45, 7) is 1.22. The van der Waals surface area contributed by atoms with Crippen LogP contribution in [-0.2, 0) is 9.59 Å². The van der Waals surface area contributed by atoms with Crippen LogP contribution in [0.1, 0.15) is 20.8 Å². The number of anilines is 1. The summed E-state index contributed by atoms with van der Waals surface area (Å²) in [4.78, 5) is 49.4. The maximum atomic E-state index is 12.3. The van der Waals surface area contributed by atoms with Crippen molar-refractivity contribution in [3.05, 3.63) is 47.0 Å². The molecule has 0 spiro atoms. The molecule has 0 saturated heterocycles. The molecule has 0 fully saturated rings. The molecule has 1 aromatic carbocycles. The van der Waals surface area contributed by atoms with Gasteiger partial charge in [0.1, 0.15) is 5.69 Å². The molecule has 178 valence electrons. The third-order valence-electron chi connectivity index (χ3n) is 3.63. The van der Waals surface area contributed by atoms with Gasteiger partial charge in [-0.3, -0.25) is 14.9 Å². The lowest BCUT2D eigenvalue weighted by Crippen LogP contribution is -2.31. The Labute approximate surface area is 193 Å². The molecule has 0 radical (unpaired) electrons. The number of para-hydroxylation sites is 1. The highest BCUT2D eigenvalue weighted by Crippen LogP contribution is 2.30. The lowest BCUT2D eigenvalue weighted by atomic mass is 10.2. The topological polar surface area (TPSA) is 178 Å². The van der Waals surface area contributed by atoms with E-state index in [9.17, 15) is 24.3 Å². The van der Waals surface area contributed by atoms with Gasteiger partial charge in [-0.25, -0.2) is 14.6 Å². The lowest BCUT2D eigenvalue weighted by Gasteiger charge is -2.09. The number of aromatic hydroxyl groups is 1. The van der Waals surface area contributed by atoms with Crippen LogP contribution < -0.4 is 15.4 Å². The first-order valence-corrected chi connectivity index (χ1v) is 10.1. The number of methoxy groups -OCH3 is 1. The van der Waals surface area contributed by atoms with E-state index in [-0.39, 0.29) is 33.8 Å². The van der Waals surface area contributed by atoms with Crippen molar-refractivity contribution < 1.29 is 39.2 Å². The van der Waals surface area contributed by atoms with E-state index in [1.807, 2.05) is 19.0 Å². The zero-order valence-corrected chi connectivity index (χ0v) is 18.9. The normalized spacial score (nSPS) is 10.3. The van der Waals surface area contributed by atoms with E-state index in [1.165, 1.54) is 13.2 Å². The molecule has 0 aliphatic rings. The quantitative estimate of drug-likeness (QED) is 0.327. The summed E-state index contributed by atoms with van der Waals surface area (Å²) >= 11 is 1.13. The minimum Gasteiger partial charge on any atom is -0.504 e. The number of carbonyl (C=O) groups is 4. The van der Waals surface area contributed by atoms with Crippen LogP contribution in [0.3, 0.4) is 0 Å². The molecular formula is C20H24N4O8S. The van der Waals surface area contributed by atoms with Crippen LogP contribution in [0.15, 0.2) is 35.7 Å². The first-order chi connectivity index (χ1) is 15.5. The van der Waals surface area contributed by atoms with Gasteiger partial charge < -0.3 is 30.3 Å². The molecule has 2 rings (SSSR count). The largest absolute Gasteiger partial charge is 0.504 e. The summed E-state index contributed by atoms with van der Waals surface area (Å²) in [5.74, 6) is -3.40. The van der Waals surface area contributed by atoms with Crippen LogP contribution >= 0.6 is 11.3 Å². The lowest BCUT2D eigenvalue weighted by molar-refractivity contribution is -0.134. The van der Waals surface area contributed by atoms with E-state index in [4.69, 9.17) is 14.9 Å². The van der Waals surface area contributed by atoms with Gasteiger partial charge in [0.05, 0.1) is 12.7 Å². The monoisotopic (exact) mass is 480 g/mol. The Morgan fingerprint density at radius 1 is 1.12 bits per heavy atom. The first kappa shape index (κ1) is 27.1. The van der Waals surface area contributed by atoms with Crippen molar-refractivity contribution in [2.24, 2.45) is 0 Å². The minimum absolute atomic E-state index is 0.0616. The van der Waals surface area contributed by atoms with Crippen molar-refractivity contribution in [1.82, 2.24) is 15.2 Å². The Morgan fingerprint density at radius 3 is 2.30 bits per heavy atom. The number of hydrogen-bond acceptors (Lipinski definition) is 9. The fourth-order valence-electron chi connectivity index (χ4n) is 2.10. The van der Waals surface area contributed by atoms with Gasteiger partial charge in [0.15, 0.2) is 16.6 Å². The molecule has 0 atom stereocenters. The van der Waals surface area contributed by atoms with E-state index in [0.29, 0.717) is 25.2 Å². The Bertz CT molecular complexity index is 1000. The summed E-state index contributed by atoms with van der Waals surface area (Å²) in [6, 6.07) is 4.61. The fourth-order valence-corrected chi connectivity index (χ4v) is 2.78. The summed E-state index contributed by atoms with van der Waals surface area (Å²) < 4.78 is 4.98. The number of carboxylic acids is 2. The van der Waals surface area contributed by atoms with Crippen molar-refractivity contribution in [2.45, 2.75) is 0 Å². The van der Waals surface area contributed by atoms with Crippen LogP contribution in [-0.4, -0.2) is 83.3 Å². The van der Waals surface area contributed by atoms with Crippen molar-refractivity contribution in [3.63, 3.8) is 0 Å². The highest BCUT2D eigenvalue weighted by atomic mass is 32.1. The summed E-state index contributed by atoms with van der Waals surface area (Å²) in [5, 5.41) is 32.8. The second-order valence-electron chi connectivity index (χ2n) is 6.42. The van der Waals surface area contributed by atoms with E-state index in [0.717, 1.165) is 11.3 Å². The maximum absolute atomic E-state index is 12.3. The van der Waals surface area contributed by atoms with Crippen molar-refractivity contribution >= 4 is 40.2 Å². The van der Waals surface area contributed by atoms with E-state index >= 15 is 0 Å². The Balaban J connectivity index is 0.000000582. The van der Waals surface area contributed by atoms with Gasteiger partial charge in [0, 0.05) is 30.6 Å². The number of hydrogen-bond donors (Lipinski definition) is 5. The summed E-state index contributed by atoms with van der Waals surface area (Å²) in [6.07, 6.45) is 1.12. The Morgan fingerprint density at radius 2 is 1.76 bits per heavy atom. The minimum atomic E-state index is -1.26. The number of carbonyl (C=O) groups excluding carboxylic acids is 2. The number of aromatic nitrogens is 1. The molecule has 13 heteroatoms. The van der Waals surface area contributed by atoms with Crippen LogP contribution in [0.4, 0.5) is 5.13 Å². The molecular weight excluding hydrogens is 456 g/mol. The number of carboxylic acid groups (broad SMARTS) is 2. The number of likely N-dealkylation sites (N-methyl/N-ethyl adjacent to an activating group) is 1. The molecule has 33 heavy (non-hydrogen) atoms. The average molecular weight is 480 g/mol. The number of rotatable bonds is 9. The predicted octanol–water partition coefficient (Wildman–Crippen LogP) is 1.11. The van der Waals surface area contributed by atoms with Crippen LogP contribution in [0.25, 0.3) is 0 Å². The number of phenols is 1. The van der Waals surface area contributed by atoms with Gasteiger partial charge in [-0.05, 0) is 26.2 Å². The molecule has 12 nitrogen and oxygen atoms in total. The van der Waals surface area contributed by atoms with Crippen LogP contribution in [0, 0.1) is 0 Å². The number of aliphatic carboxylic acids is 2. The van der Waals surface area contributed by atoms with Gasteiger partial charge in [-0.15, -0.1) is 11.3 Å². The molecule has 0 unspecified atom stereocenters. The number of amides is 2. The molecule has 5 N–H and O–H groups in total. The molecule has 1 heterocycles. The number of nitrogens with zero attached hydrogens (tertiary/aromatic N) is 2. The number of thiazole rings is 1. The highest BCUT2D eigenvalue weighted by molar-refractivity contribution is 7.14. The zero-order chi connectivity index (χ0) is 25.0. The molecule has 1 aromatic heterocycles. The third-order valence-corrected chi connectivity index (χ3v) is 4.39. The Hall–Kier alpha value is -3.97. The van der Waals surface area contributed by atoms with Crippen molar-refractivity contribution in [3.8, 4) is 11.5 Å². The van der Waals surface area contributed by atoms with E-state index in [2.05, 4.69) is 15.6 Å². The number of benzene rings is 1. The van der Waals surface area contributed by atoms with E-state index < -0.39 is 17.8 Å². The van der Waals surface area contributed by atoms with E-state index in [1.54, 1.807) is 17.5 Å². The molecule has 0 aliphatic carbocycles.